The van der Waals surface area contributed by atoms with Crippen molar-refractivity contribution in [2.45, 2.75) is 59.3 Å². The molecule has 184 valence electrons. The van der Waals surface area contributed by atoms with Crippen LogP contribution in [0.3, 0.4) is 0 Å². The molecule has 0 saturated heterocycles. The number of aromatic nitrogens is 3. The second kappa shape index (κ2) is 8.12. The Hall–Kier alpha value is -3.80. The molecule has 0 saturated carbocycles. The van der Waals surface area contributed by atoms with E-state index >= 15 is 0 Å². The average Bonchev–Trinajstić information content (AvgIpc) is 3.31. The first-order valence-corrected chi connectivity index (χ1v) is 12.4. The normalized spacial score (nSPS) is 14.1. The van der Waals surface area contributed by atoms with Gasteiger partial charge in [0.2, 0.25) is 0 Å². The number of imide groups is 1. The highest BCUT2D eigenvalue weighted by Crippen LogP contribution is 2.36. The Morgan fingerprint density at radius 3 is 2.00 bits per heavy atom. The summed E-state index contributed by atoms with van der Waals surface area (Å²) in [6.07, 6.45) is 1.92. The van der Waals surface area contributed by atoms with Crippen molar-refractivity contribution in [1.82, 2.24) is 19.9 Å². The molecule has 4 aromatic rings. The molecule has 6 heteroatoms. The van der Waals surface area contributed by atoms with Crippen LogP contribution >= 0.6 is 0 Å². The van der Waals surface area contributed by atoms with Crippen LogP contribution in [0.15, 0.2) is 54.7 Å². The third-order valence-electron chi connectivity index (χ3n) is 6.99. The van der Waals surface area contributed by atoms with E-state index in [0.717, 1.165) is 22.3 Å². The SMILES string of the molecule is CCN1C(=O)c2cccc3c(-n4cc(-c5cc(C(C)(C)C)cc(C(C)(C)C)c5)nn4)ccc(c23)C1=O. The summed E-state index contributed by atoms with van der Waals surface area (Å²) in [4.78, 5) is 27.2. The predicted molar refractivity (Wildman–Crippen MR) is 143 cm³/mol. The molecule has 0 atom stereocenters. The Balaban J connectivity index is 1.65. The molecular formula is C30H32N4O2. The second-order valence-corrected chi connectivity index (χ2v) is 11.6. The summed E-state index contributed by atoms with van der Waals surface area (Å²) in [5, 5.41) is 10.5. The Morgan fingerprint density at radius 1 is 0.806 bits per heavy atom. The van der Waals surface area contributed by atoms with Crippen molar-refractivity contribution in [1.29, 1.82) is 0 Å². The maximum atomic E-state index is 13.0. The fraction of sp³-hybridized carbons (Fsp3) is 0.333. The number of benzene rings is 3. The predicted octanol–water partition coefficient (Wildman–Crippen LogP) is 6.30. The maximum Gasteiger partial charge on any atom is 0.261 e. The fourth-order valence-electron chi connectivity index (χ4n) is 4.77. The van der Waals surface area contributed by atoms with E-state index in [1.165, 1.54) is 16.0 Å². The molecule has 1 aliphatic rings. The zero-order chi connectivity index (χ0) is 26.0. The van der Waals surface area contributed by atoms with Gasteiger partial charge in [0.1, 0.15) is 5.69 Å². The number of nitrogens with zero attached hydrogens (tertiary/aromatic N) is 4. The molecule has 0 N–H and O–H groups in total. The number of hydrogen-bond acceptors (Lipinski definition) is 4. The van der Waals surface area contributed by atoms with Crippen molar-refractivity contribution in [3.05, 3.63) is 77.0 Å². The van der Waals surface area contributed by atoms with Gasteiger partial charge in [-0.1, -0.05) is 65.0 Å². The van der Waals surface area contributed by atoms with Crippen molar-refractivity contribution in [3.8, 4) is 16.9 Å². The Labute approximate surface area is 211 Å². The summed E-state index contributed by atoms with van der Waals surface area (Å²) in [5.41, 5.74) is 6.14. The van der Waals surface area contributed by atoms with Crippen molar-refractivity contribution < 1.29 is 9.59 Å². The van der Waals surface area contributed by atoms with Gasteiger partial charge in [-0.25, -0.2) is 4.68 Å². The van der Waals surface area contributed by atoms with Crippen LogP contribution in [-0.4, -0.2) is 38.3 Å². The summed E-state index contributed by atoms with van der Waals surface area (Å²) >= 11 is 0. The van der Waals surface area contributed by atoms with Crippen LogP contribution in [-0.2, 0) is 10.8 Å². The summed E-state index contributed by atoms with van der Waals surface area (Å²) in [5.74, 6) is -0.517. The van der Waals surface area contributed by atoms with E-state index < -0.39 is 0 Å². The van der Waals surface area contributed by atoms with Gasteiger partial charge in [0.15, 0.2) is 0 Å². The lowest BCUT2D eigenvalue weighted by atomic mass is 9.79. The van der Waals surface area contributed by atoms with Crippen molar-refractivity contribution >= 4 is 22.6 Å². The molecule has 1 aromatic heterocycles. The quantitative estimate of drug-likeness (QED) is 0.323. The van der Waals surface area contributed by atoms with E-state index in [1.54, 1.807) is 16.8 Å². The first-order chi connectivity index (χ1) is 16.9. The summed E-state index contributed by atoms with van der Waals surface area (Å²) in [7, 11) is 0. The van der Waals surface area contributed by atoms with Gasteiger partial charge in [-0.05, 0) is 59.2 Å². The molecule has 0 aliphatic carbocycles. The monoisotopic (exact) mass is 480 g/mol. The molecule has 1 aliphatic heterocycles. The van der Waals surface area contributed by atoms with Crippen LogP contribution in [0.5, 0.6) is 0 Å². The number of amides is 2. The Morgan fingerprint density at radius 2 is 1.42 bits per heavy atom. The van der Waals surface area contributed by atoms with Crippen molar-refractivity contribution in [2.24, 2.45) is 0 Å². The molecule has 0 unspecified atom stereocenters. The van der Waals surface area contributed by atoms with Crippen molar-refractivity contribution in [3.63, 3.8) is 0 Å². The maximum absolute atomic E-state index is 13.0. The molecule has 5 rings (SSSR count). The van der Waals surface area contributed by atoms with E-state index in [9.17, 15) is 9.59 Å². The highest BCUT2D eigenvalue weighted by Gasteiger charge is 2.32. The molecule has 0 bridgehead atoms. The molecule has 3 aromatic carbocycles. The largest absolute Gasteiger partial charge is 0.275 e. The highest BCUT2D eigenvalue weighted by atomic mass is 16.2. The molecule has 36 heavy (non-hydrogen) atoms. The average molecular weight is 481 g/mol. The van der Waals surface area contributed by atoms with Gasteiger partial charge < -0.3 is 0 Å². The van der Waals surface area contributed by atoms with Gasteiger partial charge in [0.25, 0.3) is 11.8 Å². The van der Waals surface area contributed by atoms with E-state index in [2.05, 4.69) is 70.1 Å². The van der Waals surface area contributed by atoms with Gasteiger partial charge >= 0.3 is 0 Å². The summed E-state index contributed by atoms with van der Waals surface area (Å²) in [6, 6.07) is 15.9. The number of carbonyl (C=O) groups is 2. The molecule has 6 nitrogen and oxygen atoms in total. The minimum absolute atomic E-state index is 0.00630. The molecule has 0 radical (unpaired) electrons. The van der Waals surface area contributed by atoms with Crippen LogP contribution in [0.4, 0.5) is 0 Å². The minimum Gasteiger partial charge on any atom is -0.275 e. The first-order valence-electron chi connectivity index (χ1n) is 12.4. The first kappa shape index (κ1) is 23.9. The van der Waals surface area contributed by atoms with Gasteiger partial charge in [0.05, 0.1) is 11.9 Å². The summed E-state index contributed by atoms with van der Waals surface area (Å²) < 4.78 is 1.74. The standard InChI is InChI=1S/C30H32N4O2/c1-8-33-27(35)22-11-9-10-21-25(13-12-23(26(21)22)28(33)36)34-17-24(31-32-34)18-14-19(29(2,3)4)16-20(15-18)30(5,6)7/h9-17H,8H2,1-7H3. The smallest absolute Gasteiger partial charge is 0.261 e. The zero-order valence-electron chi connectivity index (χ0n) is 22.0. The van der Waals surface area contributed by atoms with Crippen LogP contribution in [0.25, 0.3) is 27.7 Å². The molecular weight excluding hydrogens is 448 g/mol. The van der Waals surface area contributed by atoms with Crippen LogP contribution in [0.1, 0.15) is 80.3 Å². The lowest BCUT2D eigenvalue weighted by Crippen LogP contribution is -2.40. The van der Waals surface area contributed by atoms with Gasteiger partial charge in [0, 0.05) is 34.0 Å². The number of rotatable bonds is 3. The van der Waals surface area contributed by atoms with Crippen LogP contribution < -0.4 is 0 Å². The lowest BCUT2D eigenvalue weighted by Gasteiger charge is -2.26. The van der Waals surface area contributed by atoms with Gasteiger partial charge in [-0.15, -0.1) is 5.10 Å². The third kappa shape index (κ3) is 3.81. The van der Waals surface area contributed by atoms with Gasteiger partial charge in [-0.2, -0.15) is 0 Å². The Bertz CT molecular complexity index is 1480. The van der Waals surface area contributed by atoms with Crippen LogP contribution in [0.2, 0.25) is 0 Å². The number of hydrogen-bond donors (Lipinski definition) is 0. The second-order valence-electron chi connectivity index (χ2n) is 11.6. The van der Waals surface area contributed by atoms with E-state index in [0.29, 0.717) is 23.1 Å². The van der Waals surface area contributed by atoms with Crippen molar-refractivity contribution in [2.75, 3.05) is 6.54 Å². The number of carbonyl (C=O) groups excluding carboxylic acids is 2. The Kier molecular flexibility index (Phi) is 5.39. The van der Waals surface area contributed by atoms with Gasteiger partial charge in [-0.3, -0.25) is 14.5 Å². The minimum atomic E-state index is -0.259. The topological polar surface area (TPSA) is 68.1 Å². The van der Waals surface area contributed by atoms with E-state index in [1.807, 2.05) is 31.3 Å². The molecule has 2 heterocycles. The molecule has 2 amide bonds. The zero-order valence-corrected chi connectivity index (χ0v) is 22.0. The third-order valence-corrected chi connectivity index (χ3v) is 6.99. The molecule has 0 fully saturated rings. The lowest BCUT2D eigenvalue weighted by molar-refractivity contribution is 0.0619. The summed E-state index contributed by atoms with van der Waals surface area (Å²) in [6.45, 7) is 15.4. The molecule has 0 spiro atoms. The van der Waals surface area contributed by atoms with E-state index in [-0.39, 0.29) is 22.6 Å². The highest BCUT2D eigenvalue weighted by molar-refractivity contribution is 6.26. The fourth-order valence-corrected chi connectivity index (χ4v) is 4.77. The van der Waals surface area contributed by atoms with Crippen LogP contribution in [0, 0.1) is 0 Å². The van der Waals surface area contributed by atoms with E-state index in [4.69, 9.17) is 0 Å².